The lowest BCUT2D eigenvalue weighted by Gasteiger charge is -2.17. The highest BCUT2D eigenvalue weighted by molar-refractivity contribution is 6.64. The van der Waals surface area contributed by atoms with Crippen LogP contribution in [0.3, 0.4) is 0 Å². The van der Waals surface area contributed by atoms with Crippen molar-refractivity contribution in [3.8, 4) is 34.4 Å². The van der Waals surface area contributed by atoms with E-state index in [9.17, 15) is 24.3 Å². The summed E-state index contributed by atoms with van der Waals surface area (Å²) in [5.74, 6) is 2.83. The Bertz CT molecular complexity index is 2710. The number of likely N-dealkylation sites (tertiary alicyclic amines) is 2. The van der Waals surface area contributed by atoms with E-state index in [4.69, 9.17) is 39.4 Å². The third kappa shape index (κ3) is 14.5. The maximum absolute atomic E-state index is 12.2. The Kier molecular flexibility index (Phi) is 18.3. The number of carbonyl (C=O) groups is 4. The molecular weight excluding hydrogens is 928 g/mol. The van der Waals surface area contributed by atoms with Crippen molar-refractivity contribution in [2.75, 3.05) is 52.6 Å². The molecule has 374 valence electrons. The molecule has 0 saturated carbocycles. The highest BCUT2D eigenvalue weighted by atomic mass is 35.5. The third-order valence-electron chi connectivity index (χ3n) is 12.6. The van der Waals surface area contributed by atoms with Crippen LogP contribution in [0.4, 0.5) is 9.59 Å². The van der Waals surface area contributed by atoms with Crippen molar-refractivity contribution in [3.63, 3.8) is 0 Å². The Morgan fingerprint density at radius 2 is 1.07 bits per heavy atom. The number of halogens is 1. The number of hydrogen-bond donors (Lipinski definition) is 1. The summed E-state index contributed by atoms with van der Waals surface area (Å²) >= 11 is 5.85. The number of aromatic nitrogens is 2. The Hall–Kier alpha value is -7.13. The molecule has 2 fully saturated rings. The molecule has 4 heterocycles. The maximum atomic E-state index is 12.2. The number of benzene rings is 4. The van der Waals surface area contributed by atoms with Gasteiger partial charge in [-0.1, -0.05) is 60.7 Å². The van der Waals surface area contributed by atoms with Gasteiger partial charge in [0, 0.05) is 50.1 Å². The zero-order valence-corrected chi connectivity index (χ0v) is 41.3. The van der Waals surface area contributed by atoms with E-state index in [-0.39, 0.29) is 36.8 Å². The number of carboxylic acids is 1. The molecule has 2 aliphatic heterocycles. The molecule has 0 radical (unpaired) electrons. The van der Waals surface area contributed by atoms with Crippen molar-refractivity contribution in [3.05, 3.63) is 143 Å². The summed E-state index contributed by atoms with van der Waals surface area (Å²) in [5.41, 5.74) is 5.68. The van der Waals surface area contributed by atoms with Gasteiger partial charge in [-0.3, -0.25) is 9.59 Å². The van der Waals surface area contributed by atoms with Gasteiger partial charge in [-0.2, -0.15) is 0 Å². The second-order valence-corrected chi connectivity index (χ2v) is 18.0. The summed E-state index contributed by atoms with van der Waals surface area (Å²) in [7, 11) is 0. The highest BCUT2D eigenvalue weighted by Gasteiger charge is 2.40. The maximum Gasteiger partial charge on any atom is 0.409 e. The van der Waals surface area contributed by atoms with Crippen molar-refractivity contribution in [2.24, 2.45) is 23.7 Å². The monoisotopic (exact) mass is 988 g/mol. The van der Waals surface area contributed by atoms with Gasteiger partial charge in [0.2, 0.25) is 17.0 Å². The first-order valence-electron chi connectivity index (χ1n) is 24.1. The number of carboxylic acid groups (broad SMARTS) is 1. The Labute approximate surface area is 419 Å². The summed E-state index contributed by atoms with van der Waals surface area (Å²) < 4.78 is 33.9. The van der Waals surface area contributed by atoms with Gasteiger partial charge in [0.1, 0.15) is 23.0 Å². The fourth-order valence-corrected chi connectivity index (χ4v) is 9.33. The normalized spacial score (nSPS) is 17.3. The van der Waals surface area contributed by atoms with Crippen LogP contribution in [-0.4, -0.2) is 101 Å². The van der Waals surface area contributed by atoms with Crippen LogP contribution >= 0.6 is 11.6 Å². The van der Waals surface area contributed by atoms with Crippen LogP contribution in [0.25, 0.3) is 22.9 Å². The molecule has 0 bridgehead atoms. The van der Waals surface area contributed by atoms with Gasteiger partial charge in [0.25, 0.3) is 0 Å². The van der Waals surface area contributed by atoms with Gasteiger partial charge in [0.05, 0.1) is 50.2 Å². The lowest BCUT2D eigenvalue weighted by atomic mass is 9.87. The minimum atomic E-state index is -0.855. The number of oxazole rings is 2. The van der Waals surface area contributed by atoms with Gasteiger partial charge in [-0.05, 0) is 130 Å². The summed E-state index contributed by atoms with van der Waals surface area (Å²) in [6.07, 6.45) is 1.74. The zero-order valence-electron chi connectivity index (χ0n) is 40.6. The highest BCUT2D eigenvalue weighted by Crippen LogP contribution is 2.33. The van der Waals surface area contributed by atoms with E-state index in [1.54, 1.807) is 23.6 Å². The molecule has 71 heavy (non-hydrogen) atoms. The predicted octanol–water partition coefficient (Wildman–Crippen LogP) is 10.3. The largest absolute Gasteiger partial charge is 0.493 e. The number of aliphatic carboxylic acids is 1. The Balaban J connectivity index is 0.000000209. The molecule has 8 rings (SSSR count). The lowest BCUT2D eigenvalue weighted by Crippen LogP contribution is -2.30. The minimum Gasteiger partial charge on any atom is -0.493 e. The topological polar surface area (TPSA) is 184 Å². The summed E-state index contributed by atoms with van der Waals surface area (Å²) in [6.45, 7) is 10.4. The first-order valence-corrected chi connectivity index (χ1v) is 24.5. The Morgan fingerprint density at radius 3 is 1.54 bits per heavy atom. The van der Waals surface area contributed by atoms with Crippen LogP contribution in [0.15, 0.2) is 118 Å². The average Bonchev–Trinajstić information content (AvgIpc) is 4.16. The standard InChI is InChI=1S/C28H32N2O6.C27H29ClN2O5/c1-3-34-28(33)30-17-22(23(18-30)16-26(31)32)14-20-8-7-11-24(15-20)35-13-12-25-19(2)36-27(29-25)21-9-5-4-6-10-21;1-3-33-27(32)30-16-21(23(17-30)25(28)31)14-19-8-7-11-22(15-19)34-13-12-24-18(2)35-26(29-24)20-9-5-4-6-10-20/h4-11,15,22-23H,3,12-14,16-18H2,1-2H3,(H,31,32);4-11,15,21,23H,3,12-14,16-17H2,1-2H3/t22-,23-;21-,23-/m00/s1. The molecule has 0 aliphatic carbocycles. The molecule has 2 aliphatic rings. The second-order valence-electron chi connectivity index (χ2n) is 17.7. The molecule has 6 aromatic rings. The Morgan fingerprint density at radius 1 is 0.620 bits per heavy atom. The molecule has 0 unspecified atom stereocenters. The van der Waals surface area contributed by atoms with Crippen LogP contribution in [-0.2, 0) is 44.7 Å². The minimum absolute atomic E-state index is 0.0266. The van der Waals surface area contributed by atoms with Crippen LogP contribution in [0, 0.1) is 37.5 Å². The second kappa shape index (κ2) is 25.1. The number of rotatable bonds is 19. The molecule has 4 atom stereocenters. The molecular formula is C55H61ClN4O11. The fraction of sp³-hybridized carbons (Fsp3) is 0.382. The van der Waals surface area contributed by atoms with E-state index in [1.807, 2.05) is 123 Å². The fourth-order valence-electron chi connectivity index (χ4n) is 9.08. The van der Waals surface area contributed by atoms with Crippen molar-refractivity contribution in [2.45, 2.75) is 59.8 Å². The van der Waals surface area contributed by atoms with Crippen LogP contribution in [0.2, 0.25) is 0 Å². The van der Waals surface area contributed by atoms with E-state index >= 15 is 0 Å². The van der Waals surface area contributed by atoms with Crippen molar-refractivity contribution in [1.82, 2.24) is 19.8 Å². The van der Waals surface area contributed by atoms with Crippen molar-refractivity contribution >= 4 is 35.0 Å². The summed E-state index contributed by atoms with van der Waals surface area (Å²) in [5, 5.41) is 8.92. The van der Waals surface area contributed by atoms with E-state index in [1.165, 1.54) is 0 Å². The van der Waals surface area contributed by atoms with Gasteiger partial charge in [-0.15, -0.1) is 0 Å². The summed E-state index contributed by atoms with van der Waals surface area (Å²) in [4.78, 5) is 60.1. The molecule has 16 heteroatoms. The smallest absolute Gasteiger partial charge is 0.409 e. The quantitative estimate of drug-likeness (QED) is 0.0757. The summed E-state index contributed by atoms with van der Waals surface area (Å²) in [6, 6.07) is 35.2. The molecule has 0 spiro atoms. The lowest BCUT2D eigenvalue weighted by molar-refractivity contribution is -0.138. The molecule has 15 nitrogen and oxygen atoms in total. The van der Waals surface area contributed by atoms with Crippen LogP contribution in [0.5, 0.6) is 11.5 Å². The average molecular weight is 990 g/mol. The zero-order chi connectivity index (χ0) is 50.3. The SMILES string of the molecule is CCOC(=O)N1C[C@H](CC(=O)O)[C@@H](Cc2cccc(OCCc3nc(-c4ccccc4)oc3C)c2)C1.CCOC(=O)N1C[C@H](Cc2cccc(OCCc3nc(-c4ccccc4)oc3C)c2)[C@@H](C(=O)Cl)C1. The van der Waals surface area contributed by atoms with Gasteiger partial charge < -0.3 is 42.7 Å². The van der Waals surface area contributed by atoms with Gasteiger partial charge in [-0.25, -0.2) is 19.6 Å². The molecule has 4 aromatic carbocycles. The molecule has 1 N–H and O–H groups in total. The van der Waals surface area contributed by atoms with Crippen LogP contribution < -0.4 is 9.47 Å². The van der Waals surface area contributed by atoms with E-state index in [0.717, 1.165) is 56.7 Å². The number of hydrogen-bond acceptors (Lipinski definition) is 12. The number of aryl methyl sites for hydroxylation is 2. The first-order chi connectivity index (χ1) is 34.4. The number of ether oxygens (including phenoxy) is 4. The number of amides is 2. The molecule has 2 saturated heterocycles. The van der Waals surface area contributed by atoms with Crippen LogP contribution in [0.1, 0.15) is 54.3 Å². The van der Waals surface area contributed by atoms with E-state index in [0.29, 0.717) is 83.5 Å². The first kappa shape index (κ1) is 51.7. The van der Waals surface area contributed by atoms with E-state index < -0.39 is 23.2 Å². The number of carbonyl (C=O) groups excluding carboxylic acids is 3. The van der Waals surface area contributed by atoms with E-state index in [2.05, 4.69) is 9.97 Å². The van der Waals surface area contributed by atoms with Crippen molar-refractivity contribution < 1.29 is 52.1 Å². The molecule has 2 amide bonds. The number of nitrogens with zero attached hydrogens (tertiary/aromatic N) is 4. The van der Waals surface area contributed by atoms with Crippen molar-refractivity contribution in [1.29, 1.82) is 0 Å². The predicted molar refractivity (Wildman–Crippen MR) is 266 cm³/mol. The third-order valence-corrected chi connectivity index (χ3v) is 12.9. The van der Waals surface area contributed by atoms with Gasteiger partial charge >= 0.3 is 18.2 Å². The molecule has 2 aromatic heterocycles. The van der Waals surface area contributed by atoms with Gasteiger partial charge in [0.15, 0.2) is 0 Å².